The summed E-state index contributed by atoms with van der Waals surface area (Å²) in [7, 11) is 0. The third-order valence-electron chi connectivity index (χ3n) is 3.40. The Labute approximate surface area is 98.0 Å². The average Bonchev–Trinajstić information content (AvgIpc) is 2.39. The van der Waals surface area contributed by atoms with E-state index in [1.165, 1.54) is 25.1 Å². The molecular weight excluding hydrogens is 287 g/mol. The third kappa shape index (κ3) is 1.26. The molecule has 1 fully saturated rings. The van der Waals surface area contributed by atoms with Gasteiger partial charge in [0.25, 0.3) is 0 Å². The van der Waals surface area contributed by atoms with Crippen molar-refractivity contribution in [1.29, 1.82) is 0 Å². The zero-order chi connectivity index (χ0) is 9.71. The Kier molecular flexibility index (Phi) is 1.99. The van der Waals surface area contributed by atoms with Crippen LogP contribution in [0.1, 0.15) is 29.4 Å². The van der Waals surface area contributed by atoms with Crippen molar-refractivity contribution in [2.45, 2.75) is 18.3 Å². The quantitative estimate of drug-likeness (QED) is 0.453. The molecule has 1 aromatic carbocycles. The van der Waals surface area contributed by atoms with Crippen LogP contribution in [0.4, 0.5) is 5.69 Å². The molecular formula is C11H13IN2. The molecule has 2 aliphatic rings. The fourth-order valence-corrected chi connectivity index (χ4v) is 3.77. The van der Waals surface area contributed by atoms with Gasteiger partial charge in [-0.1, -0.05) is 6.07 Å². The summed E-state index contributed by atoms with van der Waals surface area (Å²) in [5.74, 6) is 1.48. The number of halogens is 1. The van der Waals surface area contributed by atoms with Gasteiger partial charge >= 0.3 is 0 Å². The minimum Gasteiger partial charge on any atom is -0.399 e. The Morgan fingerprint density at radius 3 is 2.71 bits per heavy atom. The van der Waals surface area contributed by atoms with Gasteiger partial charge in [-0.25, -0.2) is 3.11 Å². The van der Waals surface area contributed by atoms with Crippen molar-refractivity contribution in [1.82, 2.24) is 3.11 Å². The Morgan fingerprint density at radius 1 is 1.21 bits per heavy atom. The normalized spacial score (nSPS) is 30.4. The van der Waals surface area contributed by atoms with E-state index < -0.39 is 0 Å². The second-order valence-electron chi connectivity index (χ2n) is 4.35. The van der Waals surface area contributed by atoms with Crippen molar-refractivity contribution in [3.05, 3.63) is 29.3 Å². The van der Waals surface area contributed by atoms with Crippen LogP contribution < -0.4 is 5.73 Å². The number of anilines is 1. The van der Waals surface area contributed by atoms with Gasteiger partial charge in [-0.2, -0.15) is 0 Å². The number of nitrogens with zero attached hydrogens (tertiary/aromatic N) is 1. The number of benzene rings is 1. The third-order valence-corrected chi connectivity index (χ3v) is 4.18. The summed E-state index contributed by atoms with van der Waals surface area (Å²) in [6.07, 6.45) is 1.33. The first-order valence-corrected chi connectivity index (χ1v) is 6.00. The number of piperidine rings is 1. The largest absolute Gasteiger partial charge is 0.399 e. The molecule has 14 heavy (non-hydrogen) atoms. The molecule has 0 radical (unpaired) electrons. The average molecular weight is 300 g/mol. The highest BCUT2D eigenvalue weighted by atomic mass is 127. The molecule has 1 aliphatic heterocycles. The van der Waals surface area contributed by atoms with E-state index in [9.17, 15) is 0 Å². The van der Waals surface area contributed by atoms with Gasteiger partial charge in [0.15, 0.2) is 0 Å². The second-order valence-corrected chi connectivity index (χ2v) is 5.71. The highest BCUT2D eigenvalue weighted by Crippen LogP contribution is 2.47. The van der Waals surface area contributed by atoms with Gasteiger partial charge < -0.3 is 5.73 Å². The van der Waals surface area contributed by atoms with Gasteiger partial charge in [-0.3, -0.25) is 0 Å². The summed E-state index contributed by atoms with van der Waals surface area (Å²) in [4.78, 5) is 0. The lowest BCUT2D eigenvalue weighted by molar-refractivity contribution is 0.358. The molecule has 1 aromatic rings. The van der Waals surface area contributed by atoms with Crippen molar-refractivity contribution < 1.29 is 0 Å². The van der Waals surface area contributed by atoms with Gasteiger partial charge in [0.2, 0.25) is 0 Å². The first kappa shape index (κ1) is 8.97. The van der Waals surface area contributed by atoms with Crippen LogP contribution >= 0.6 is 22.9 Å². The molecule has 2 nitrogen and oxygen atoms in total. The van der Waals surface area contributed by atoms with Crippen LogP contribution in [-0.2, 0) is 0 Å². The lowest BCUT2D eigenvalue weighted by atomic mass is 9.98. The Hall–Kier alpha value is -0.290. The van der Waals surface area contributed by atoms with Crippen molar-refractivity contribution >= 4 is 28.6 Å². The highest BCUT2D eigenvalue weighted by Gasteiger charge is 2.36. The number of fused-ring (bicyclic) bond motifs is 5. The maximum absolute atomic E-state index is 5.83. The summed E-state index contributed by atoms with van der Waals surface area (Å²) in [5.41, 5.74) is 9.80. The first-order chi connectivity index (χ1) is 6.74. The van der Waals surface area contributed by atoms with Crippen molar-refractivity contribution in [3.8, 4) is 0 Å². The van der Waals surface area contributed by atoms with E-state index >= 15 is 0 Å². The standard InChI is InChI=1S/C11H13IN2/c12-14-5-7-3-8(6-14)11-4-9(13)1-2-10(7)11/h1-2,4,7-8H,3,5-6,13H2. The molecule has 3 rings (SSSR count). The molecule has 1 heterocycles. The van der Waals surface area contributed by atoms with Crippen LogP contribution in [0, 0.1) is 0 Å². The van der Waals surface area contributed by atoms with E-state index in [4.69, 9.17) is 5.73 Å². The van der Waals surface area contributed by atoms with Gasteiger partial charge in [-0.05, 0) is 41.5 Å². The molecule has 3 heteroatoms. The molecule has 0 aromatic heterocycles. The summed E-state index contributed by atoms with van der Waals surface area (Å²) in [6.45, 7) is 2.39. The second kappa shape index (κ2) is 3.10. The topological polar surface area (TPSA) is 29.3 Å². The van der Waals surface area contributed by atoms with E-state index in [1.807, 2.05) is 6.07 Å². The maximum Gasteiger partial charge on any atom is 0.0317 e. The number of nitrogens with two attached hydrogens (primary N) is 1. The van der Waals surface area contributed by atoms with Gasteiger partial charge in [0.05, 0.1) is 0 Å². The zero-order valence-electron chi connectivity index (χ0n) is 7.91. The molecule has 1 aliphatic carbocycles. The Morgan fingerprint density at radius 2 is 1.93 bits per heavy atom. The number of hydrogen-bond acceptors (Lipinski definition) is 2. The fourth-order valence-electron chi connectivity index (χ4n) is 2.81. The van der Waals surface area contributed by atoms with Crippen LogP contribution in [0.5, 0.6) is 0 Å². The van der Waals surface area contributed by atoms with Gasteiger partial charge in [0.1, 0.15) is 0 Å². The van der Waals surface area contributed by atoms with Crippen LogP contribution in [0.15, 0.2) is 18.2 Å². The molecule has 2 N–H and O–H groups in total. The van der Waals surface area contributed by atoms with Crippen molar-refractivity contribution in [3.63, 3.8) is 0 Å². The number of nitrogen functional groups attached to an aromatic ring is 1. The van der Waals surface area contributed by atoms with Crippen LogP contribution in [0.25, 0.3) is 0 Å². The maximum atomic E-state index is 5.83. The van der Waals surface area contributed by atoms with Crippen LogP contribution in [0.3, 0.4) is 0 Å². The minimum atomic E-state index is 0.726. The Balaban J connectivity index is 2.09. The van der Waals surface area contributed by atoms with Gasteiger partial charge in [0, 0.05) is 41.6 Å². The summed E-state index contributed by atoms with van der Waals surface area (Å²) in [5, 5.41) is 0. The van der Waals surface area contributed by atoms with E-state index in [-0.39, 0.29) is 0 Å². The van der Waals surface area contributed by atoms with E-state index in [0.29, 0.717) is 0 Å². The van der Waals surface area contributed by atoms with Crippen molar-refractivity contribution in [2.75, 3.05) is 18.8 Å². The first-order valence-electron chi connectivity index (χ1n) is 5.04. The lowest BCUT2D eigenvalue weighted by Crippen LogP contribution is -2.26. The predicted octanol–water partition coefficient (Wildman–Crippen LogP) is 2.51. The Bertz CT molecular complexity index is 376. The number of hydrogen-bond donors (Lipinski definition) is 1. The molecule has 1 saturated heterocycles. The summed E-state index contributed by atoms with van der Waals surface area (Å²) >= 11 is 2.44. The SMILES string of the molecule is Nc1ccc2c(c1)C1CC2CN(I)C1. The van der Waals surface area contributed by atoms with Crippen molar-refractivity contribution in [2.24, 2.45) is 0 Å². The van der Waals surface area contributed by atoms with E-state index in [0.717, 1.165) is 17.5 Å². The molecule has 74 valence electrons. The molecule has 2 unspecified atom stereocenters. The molecule has 0 saturated carbocycles. The predicted molar refractivity (Wildman–Crippen MR) is 66.5 cm³/mol. The summed E-state index contributed by atoms with van der Waals surface area (Å²) < 4.78 is 2.41. The fraction of sp³-hybridized carbons (Fsp3) is 0.455. The molecule has 2 atom stereocenters. The zero-order valence-corrected chi connectivity index (χ0v) is 10.1. The molecule has 0 amide bonds. The van der Waals surface area contributed by atoms with E-state index in [1.54, 1.807) is 5.56 Å². The van der Waals surface area contributed by atoms with Crippen LogP contribution in [-0.4, -0.2) is 16.2 Å². The minimum absolute atomic E-state index is 0.726. The van der Waals surface area contributed by atoms with Gasteiger partial charge in [-0.15, -0.1) is 0 Å². The van der Waals surface area contributed by atoms with Crippen LogP contribution in [0.2, 0.25) is 0 Å². The number of rotatable bonds is 0. The monoisotopic (exact) mass is 300 g/mol. The lowest BCUT2D eigenvalue weighted by Gasteiger charge is -2.26. The van der Waals surface area contributed by atoms with E-state index in [2.05, 4.69) is 38.1 Å². The summed E-state index contributed by atoms with van der Waals surface area (Å²) in [6, 6.07) is 6.44. The smallest absolute Gasteiger partial charge is 0.0317 e. The molecule has 2 bridgehead atoms. The highest BCUT2D eigenvalue weighted by molar-refractivity contribution is 14.1. The molecule has 0 spiro atoms.